The van der Waals surface area contributed by atoms with Crippen LogP contribution in [0.4, 0.5) is 5.95 Å². The number of hydrogen-bond donors (Lipinski definition) is 0. The zero-order valence-electron chi connectivity index (χ0n) is 16.6. The van der Waals surface area contributed by atoms with E-state index in [9.17, 15) is 0 Å². The fourth-order valence-corrected chi connectivity index (χ4v) is 4.65. The first kappa shape index (κ1) is 20.2. The summed E-state index contributed by atoms with van der Waals surface area (Å²) in [4.78, 5) is 20.1. The first-order chi connectivity index (χ1) is 15.2. The summed E-state index contributed by atoms with van der Waals surface area (Å²) in [5.74, 6) is 1.90. The molecule has 0 spiro atoms. The third-order valence-corrected chi connectivity index (χ3v) is 6.48. The zero-order valence-corrected chi connectivity index (χ0v) is 18.2. The van der Waals surface area contributed by atoms with Gasteiger partial charge in [0.25, 0.3) is 0 Å². The molecule has 160 valence electrons. The van der Waals surface area contributed by atoms with Crippen molar-refractivity contribution >= 4 is 34.7 Å². The molecule has 0 saturated carbocycles. The van der Waals surface area contributed by atoms with Crippen LogP contribution in [0.1, 0.15) is 29.5 Å². The van der Waals surface area contributed by atoms with E-state index in [0.717, 1.165) is 37.6 Å². The number of thiazole rings is 1. The van der Waals surface area contributed by atoms with Crippen LogP contribution in [-0.4, -0.2) is 66.7 Å². The second kappa shape index (κ2) is 9.16. The molecule has 3 aromatic heterocycles. The van der Waals surface area contributed by atoms with Gasteiger partial charge >= 0.3 is 0 Å². The van der Waals surface area contributed by atoms with Crippen LogP contribution >= 0.6 is 22.9 Å². The number of anilines is 1. The topological polar surface area (TPSA) is 107 Å². The van der Waals surface area contributed by atoms with E-state index < -0.39 is 0 Å². The van der Waals surface area contributed by atoms with Crippen molar-refractivity contribution < 1.29 is 4.74 Å². The van der Waals surface area contributed by atoms with Crippen molar-refractivity contribution in [2.24, 2.45) is 4.99 Å². The molecule has 0 aliphatic carbocycles. The zero-order chi connectivity index (χ0) is 21.0. The number of dihydropyridines is 1. The van der Waals surface area contributed by atoms with E-state index in [1.165, 1.54) is 16.0 Å². The highest BCUT2D eigenvalue weighted by Crippen LogP contribution is 2.31. The summed E-state index contributed by atoms with van der Waals surface area (Å²) < 4.78 is 7.51. The molecule has 1 saturated heterocycles. The van der Waals surface area contributed by atoms with Crippen molar-refractivity contribution in [3.05, 3.63) is 52.0 Å². The molecule has 0 amide bonds. The number of tetrazole rings is 1. The summed E-state index contributed by atoms with van der Waals surface area (Å²) in [5.41, 5.74) is 0.965. The van der Waals surface area contributed by atoms with Crippen molar-refractivity contribution in [3.8, 4) is 0 Å². The van der Waals surface area contributed by atoms with Gasteiger partial charge in [0.2, 0.25) is 5.95 Å². The van der Waals surface area contributed by atoms with Gasteiger partial charge in [0, 0.05) is 24.4 Å². The van der Waals surface area contributed by atoms with Crippen molar-refractivity contribution in [1.82, 2.24) is 35.2 Å². The maximum atomic E-state index is 5.97. The van der Waals surface area contributed by atoms with Crippen molar-refractivity contribution in [2.45, 2.75) is 31.5 Å². The van der Waals surface area contributed by atoms with Crippen LogP contribution in [-0.2, 0) is 11.3 Å². The first-order valence-corrected chi connectivity index (χ1v) is 11.2. The predicted octanol–water partition coefficient (Wildman–Crippen LogP) is 2.36. The fraction of sp³-hybridized carbons (Fsp3) is 0.421. The Bertz CT molecular complexity index is 1060. The largest absolute Gasteiger partial charge is 0.366 e. The molecule has 1 unspecified atom stereocenters. The molecule has 10 nitrogen and oxygen atoms in total. The molecule has 31 heavy (non-hydrogen) atoms. The van der Waals surface area contributed by atoms with Crippen LogP contribution in [0, 0.1) is 0 Å². The van der Waals surface area contributed by atoms with Crippen LogP contribution in [0.5, 0.6) is 0 Å². The first-order valence-electron chi connectivity index (χ1n) is 9.99. The Morgan fingerprint density at radius 3 is 2.74 bits per heavy atom. The van der Waals surface area contributed by atoms with Gasteiger partial charge < -0.3 is 9.64 Å². The number of rotatable bonds is 5. The quantitative estimate of drug-likeness (QED) is 0.574. The van der Waals surface area contributed by atoms with Gasteiger partial charge in [0.15, 0.2) is 5.84 Å². The van der Waals surface area contributed by atoms with Gasteiger partial charge in [0.05, 0.1) is 47.4 Å². The number of hydrogen-bond acceptors (Lipinski definition) is 10. The van der Waals surface area contributed by atoms with E-state index in [1.54, 1.807) is 23.7 Å². The summed E-state index contributed by atoms with van der Waals surface area (Å²) in [6, 6.07) is 0. The smallest absolute Gasteiger partial charge is 0.225 e. The standard InChI is InChI=1S/C19H20ClN9OS/c20-14-7-22-19(23-8-14)28-5-3-13(4-6-28)18-25-15(11-31-18)10-30-16-1-2-17(21-9-16)29-12-24-26-27-29/h1-2,7-8,11-13,16H,3-6,9-10H2. The van der Waals surface area contributed by atoms with Gasteiger partial charge in [-0.05, 0) is 29.3 Å². The SMILES string of the molecule is Clc1cnc(N2CCC(c3nc(COC4C=CC(n5cnnn5)=NC4)cs3)CC2)nc1. The van der Waals surface area contributed by atoms with E-state index in [1.807, 2.05) is 12.2 Å². The van der Waals surface area contributed by atoms with E-state index in [2.05, 4.69) is 40.8 Å². The summed E-state index contributed by atoms with van der Waals surface area (Å²) in [6.07, 6.45) is 10.6. The molecule has 3 aromatic rings. The Labute approximate surface area is 187 Å². The number of halogens is 1. The lowest BCUT2D eigenvalue weighted by Gasteiger charge is -2.31. The molecule has 1 fully saturated rings. The Morgan fingerprint density at radius 1 is 1.19 bits per heavy atom. The van der Waals surface area contributed by atoms with E-state index in [-0.39, 0.29) is 6.10 Å². The molecule has 2 aliphatic heterocycles. The van der Waals surface area contributed by atoms with Gasteiger partial charge in [-0.3, -0.25) is 4.99 Å². The van der Waals surface area contributed by atoms with Crippen LogP contribution in [0.3, 0.4) is 0 Å². The molecule has 0 aromatic carbocycles. The van der Waals surface area contributed by atoms with E-state index >= 15 is 0 Å². The lowest BCUT2D eigenvalue weighted by molar-refractivity contribution is 0.0751. The summed E-state index contributed by atoms with van der Waals surface area (Å²) in [6.45, 7) is 2.82. The van der Waals surface area contributed by atoms with E-state index in [0.29, 0.717) is 29.9 Å². The molecular weight excluding hydrogens is 438 g/mol. The summed E-state index contributed by atoms with van der Waals surface area (Å²) >= 11 is 7.59. The Hall–Kier alpha value is -2.76. The summed E-state index contributed by atoms with van der Waals surface area (Å²) in [5, 5.41) is 14.9. The minimum absolute atomic E-state index is 0.0759. The average Bonchev–Trinajstić information content (AvgIpc) is 3.51. The fourth-order valence-electron chi connectivity index (χ4n) is 3.58. The third kappa shape index (κ3) is 4.78. The number of piperidine rings is 1. The van der Waals surface area contributed by atoms with Crippen LogP contribution in [0.15, 0.2) is 41.2 Å². The van der Waals surface area contributed by atoms with Crippen molar-refractivity contribution in [1.29, 1.82) is 0 Å². The number of nitrogens with zero attached hydrogens (tertiary/aromatic N) is 9. The molecule has 0 N–H and O–H groups in total. The number of aromatic nitrogens is 7. The molecule has 0 bridgehead atoms. The highest BCUT2D eigenvalue weighted by atomic mass is 35.5. The summed E-state index contributed by atoms with van der Waals surface area (Å²) in [7, 11) is 0. The van der Waals surface area contributed by atoms with Crippen LogP contribution < -0.4 is 4.90 Å². The number of aliphatic imine (C=N–C) groups is 1. The lowest BCUT2D eigenvalue weighted by Crippen LogP contribution is -2.34. The highest BCUT2D eigenvalue weighted by molar-refractivity contribution is 7.09. The molecular formula is C19H20ClN9OS. The second-order valence-corrected chi connectivity index (χ2v) is 8.63. The molecule has 0 radical (unpaired) electrons. The maximum Gasteiger partial charge on any atom is 0.225 e. The molecule has 5 rings (SSSR count). The van der Waals surface area contributed by atoms with E-state index in [4.69, 9.17) is 21.3 Å². The number of ether oxygens (including phenoxy) is 1. The van der Waals surface area contributed by atoms with Gasteiger partial charge in [-0.15, -0.1) is 16.4 Å². The Morgan fingerprint density at radius 2 is 2.03 bits per heavy atom. The minimum atomic E-state index is -0.0759. The second-order valence-electron chi connectivity index (χ2n) is 7.30. The lowest BCUT2D eigenvalue weighted by atomic mass is 9.98. The average molecular weight is 458 g/mol. The molecule has 1 atom stereocenters. The Balaban J connectivity index is 1.10. The van der Waals surface area contributed by atoms with Crippen LogP contribution in [0.25, 0.3) is 0 Å². The maximum absolute atomic E-state index is 5.97. The monoisotopic (exact) mass is 457 g/mol. The number of allylic oxidation sites excluding steroid dienone is 1. The Kier molecular flexibility index (Phi) is 5.96. The molecule has 5 heterocycles. The van der Waals surface area contributed by atoms with Gasteiger partial charge in [-0.25, -0.2) is 15.0 Å². The molecule has 12 heteroatoms. The highest BCUT2D eigenvalue weighted by Gasteiger charge is 2.24. The normalized spacial score (nSPS) is 19.6. The van der Waals surface area contributed by atoms with Gasteiger partial charge in [-0.2, -0.15) is 4.68 Å². The van der Waals surface area contributed by atoms with Crippen molar-refractivity contribution in [3.63, 3.8) is 0 Å². The van der Waals surface area contributed by atoms with Crippen molar-refractivity contribution in [2.75, 3.05) is 24.5 Å². The van der Waals surface area contributed by atoms with Gasteiger partial charge in [-0.1, -0.05) is 17.7 Å². The predicted molar refractivity (Wildman–Crippen MR) is 117 cm³/mol. The minimum Gasteiger partial charge on any atom is -0.366 e. The van der Waals surface area contributed by atoms with Crippen LogP contribution in [0.2, 0.25) is 5.02 Å². The third-order valence-electron chi connectivity index (χ3n) is 5.23. The molecule has 2 aliphatic rings. The van der Waals surface area contributed by atoms with Gasteiger partial charge in [0.1, 0.15) is 6.33 Å².